The number of benzene rings is 1. The summed E-state index contributed by atoms with van der Waals surface area (Å²) in [5, 5.41) is 0.328. The normalized spacial score (nSPS) is 15.5. The van der Waals surface area contributed by atoms with Crippen LogP contribution in [0.25, 0.3) is 0 Å². The lowest BCUT2D eigenvalue weighted by atomic mass is 10.1. The molecule has 33 heavy (non-hydrogen) atoms. The number of hydrogen-bond acceptors (Lipinski definition) is 10. The maximum atomic E-state index is 12.7. The number of carbonyl (C=O) groups is 6. The molecule has 1 heterocycles. The van der Waals surface area contributed by atoms with Gasteiger partial charge in [0.05, 0.1) is 6.42 Å². The molecule has 0 bridgehead atoms. The molecule has 11 heteroatoms. The van der Waals surface area contributed by atoms with E-state index in [2.05, 4.69) is 0 Å². The van der Waals surface area contributed by atoms with Crippen molar-refractivity contribution in [2.75, 3.05) is 0 Å². The topological polar surface area (TPSA) is 143 Å². The third-order valence-corrected chi connectivity index (χ3v) is 4.08. The van der Waals surface area contributed by atoms with Gasteiger partial charge in [0, 0.05) is 25.3 Å². The van der Waals surface area contributed by atoms with Gasteiger partial charge < -0.3 is 19.0 Å². The first-order valence-electron chi connectivity index (χ1n) is 10.1. The van der Waals surface area contributed by atoms with Gasteiger partial charge in [-0.05, 0) is 20.8 Å². The van der Waals surface area contributed by atoms with E-state index >= 15 is 0 Å². The van der Waals surface area contributed by atoms with E-state index < -0.39 is 59.9 Å². The summed E-state index contributed by atoms with van der Waals surface area (Å²) in [5.41, 5.74) is -0.721. The van der Waals surface area contributed by atoms with Gasteiger partial charge in [-0.1, -0.05) is 30.3 Å². The second-order valence-corrected chi connectivity index (χ2v) is 8.11. The third kappa shape index (κ3) is 7.70. The Kier molecular flexibility index (Phi) is 8.27. The Balaban J connectivity index is 2.18. The summed E-state index contributed by atoms with van der Waals surface area (Å²) in [4.78, 5) is 77.4. The summed E-state index contributed by atoms with van der Waals surface area (Å²) in [6, 6.07) is 7.71. The highest BCUT2D eigenvalue weighted by Gasteiger charge is 2.38. The zero-order valence-electron chi connectivity index (χ0n) is 18.7. The van der Waals surface area contributed by atoms with Crippen LogP contribution >= 0.6 is 0 Å². The van der Waals surface area contributed by atoms with Crippen LogP contribution < -0.4 is 0 Å². The van der Waals surface area contributed by atoms with Gasteiger partial charge in [-0.3, -0.25) is 19.2 Å². The molecule has 1 aromatic rings. The van der Waals surface area contributed by atoms with Crippen molar-refractivity contribution in [1.82, 2.24) is 5.06 Å². The van der Waals surface area contributed by atoms with E-state index in [-0.39, 0.29) is 18.4 Å². The summed E-state index contributed by atoms with van der Waals surface area (Å²) in [7, 11) is 0. The lowest BCUT2D eigenvalue weighted by molar-refractivity contribution is -0.206. The summed E-state index contributed by atoms with van der Waals surface area (Å²) >= 11 is 0. The SMILES string of the molecule is CC(=O)O[C@@H](CC(=O)O[C@H](C(=O)ON1C(=O)CCC1=O)c1ccccc1)C(=O)OC(C)(C)C. The number of ether oxygens (including phenoxy) is 3. The first kappa shape index (κ1) is 25.5. The number of nitrogens with zero attached hydrogens (tertiary/aromatic N) is 1. The average molecular weight is 463 g/mol. The van der Waals surface area contributed by atoms with Gasteiger partial charge in [0.2, 0.25) is 12.2 Å². The lowest BCUT2D eigenvalue weighted by Gasteiger charge is -2.24. The minimum absolute atomic E-state index is 0.109. The third-order valence-electron chi connectivity index (χ3n) is 4.08. The maximum Gasteiger partial charge on any atom is 0.378 e. The van der Waals surface area contributed by atoms with E-state index in [9.17, 15) is 28.8 Å². The molecule has 1 aliphatic heterocycles. The van der Waals surface area contributed by atoms with Crippen molar-refractivity contribution in [2.24, 2.45) is 0 Å². The number of esters is 3. The largest absolute Gasteiger partial charge is 0.457 e. The van der Waals surface area contributed by atoms with Crippen LogP contribution in [-0.4, -0.2) is 52.5 Å². The minimum Gasteiger partial charge on any atom is -0.457 e. The first-order chi connectivity index (χ1) is 15.4. The fraction of sp³-hybridized carbons (Fsp3) is 0.455. The van der Waals surface area contributed by atoms with Gasteiger partial charge in [0.25, 0.3) is 11.8 Å². The highest BCUT2D eigenvalue weighted by molar-refractivity contribution is 6.01. The molecule has 2 rings (SSSR count). The standard InChI is InChI=1S/C22H25NO10/c1-13(24)30-15(20(28)32-22(2,3)4)12-18(27)31-19(14-8-6-5-7-9-14)21(29)33-23-16(25)10-11-17(23)26/h5-9,15,19H,10-12H2,1-4H3/t15-,19-/m0/s1. The number of carbonyl (C=O) groups excluding carboxylic acids is 6. The molecule has 0 aliphatic carbocycles. The van der Waals surface area contributed by atoms with Crippen LogP contribution in [0.5, 0.6) is 0 Å². The molecule has 0 N–H and O–H groups in total. The van der Waals surface area contributed by atoms with E-state index in [0.29, 0.717) is 5.06 Å². The van der Waals surface area contributed by atoms with Crippen molar-refractivity contribution < 1.29 is 47.8 Å². The zero-order valence-corrected chi connectivity index (χ0v) is 18.7. The van der Waals surface area contributed by atoms with Gasteiger partial charge in [-0.2, -0.15) is 0 Å². The van der Waals surface area contributed by atoms with Crippen LogP contribution in [0, 0.1) is 0 Å². The minimum atomic E-state index is -1.66. The molecule has 0 unspecified atom stereocenters. The van der Waals surface area contributed by atoms with Crippen LogP contribution in [0.4, 0.5) is 0 Å². The Morgan fingerprint density at radius 2 is 1.52 bits per heavy atom. The van der Waals surface area contributed by atoms with Crippen molar-refractivity contribution in [3.63, 3.8) is 0 Å². The predicted octanol–water partition coefficient (Wildman–Crippen LogP) is 1.54. The number of rotatable bonds is 8. The maximum absolute atomic E-state index is 12.7. The summed E-state index contributed by atoms with van der Waals surface area (Å²) < 4.78 is 15.2. The van der Waals surface area contributed by atoms with Crippen molar-refractivity contribution >= 4 is 35.7 Å². The molecule has 0 aromatic heterocycles. The van der Waals surface area contributed by atoms with Gasteiger partial charge in [-0.15, -0.1) is 5.06 Å². The summed E-state index contributed by atoms with van der Waals surface area (Å²) in [6.07, 6.45) is -4.23. The lowest BCUT2D eigenvalue weighted by Crippen LogP contribution is -2.37. The zero-order chi connectivity index (χ0) is 24.8. The van der Waals surface area contributed by atoms with Gasteiger partial charge in [-0.25, -0.2) is 9.59 Å². The summed E-state index contributed by atoms with van der Waals surface area (Å²) in [6.45, 7) is 5.83. The van der Waals surface area contributed by atoms with E-state index in [1.807, 2.05) is 0 Å². The van der Waals surface area contributed by atoms with Crippen LogP contribution in [-0.2, 0) is 47.8 Å². The monoisotopic (exact) mass is 463 g/mol. The highest BCUT2D eigenvalue weighted by Crippen LogP contribution is 2.23. The van der Waals surface area contributed by atoms with Crippen LogP contribution in [0.2, 0.25) is 0 Å². The quantitative estimate of drug-likeness (QED) is 0.316. The molecular formula is C22H25NO10. The van der Waals surface area contributed by atoms with Crippen LogP contribution in [0.15, 0.2) is 30.3 Å². The molecule has 0 spiro atoms. The second-order valence-electron chi connectivity index (χ2n) is 8.11. The Hall–Kier alpha value is -3.76. The molecule has 1 aliphatic rings. The number of amides is 2. The number of hydroxylamine groups is 2. The van der Waals surface area contributed by atoms with Crippen LogP contribution in [0.1, 0.15) is 58.6 Å². The Bertz CT molecular complexity index is 918. The van der Waals surface area contributed by atoms with Crippen molar-refractivity contribution in [1.29, 1.82) is 0 Å². The average Bonchev–Trinajstić information content (AvgIpc) is 3.02. The molecule has 1 aromatic carbocycles. The molecule has 2 atom stereocenters. The number of hydrogen-bond donors (Lipinski definition) is 0. The molecule has 0 radical (unpaired) electrons. The smallest absolute Gasteiger partial charge is 0.378 e. The van der Waals surface area contributed by atoms with Gasteiger partial charge in [0.1, 0.15) is 5.60 Å². The molecule has 1 fully saturated rings. The Morgan fingerprint density at radius 3 is 2.03 bits per heavy atom. The predicted molar refractivity (Wildman–Crippen MR) is 108 cm³/mol. The molecular weight excluding hydrogens is 438 g/mol. The fourth-order valence-corrected chi connectivity index (χ4v) is 2.75. The first-order valence-corrected chi connectivity index (χ1v) is 10.1. The number of imide groups is 1. The Labute approximate surface area is 189 Å². The molecule has 11 nitrogen and oxygen atoms in total. The fourth-order valence-electron chi connectivity index (χ4n) is 2.75. The summed E-state index contributed by atoms with van der Waals surface area (Å²) in [5.74, 6) is -5.49. The van der Waals surface area contributed by atoms with E-state index in [4.69, 9.17) is 19.0 Å². The second kappa shape index (κ2) is 10.7. The Morgan fingerprint density at radius 1 is 0.939 bits per heavy atom. The van der Waals surface area contributed by atoms with E-state index in [1.165, 1.54) is 12.1 Å². The molecule has 0 saturated carbocycles. The van der Waals surface area contributed by atoms with Crippen molar-refractivity contribution in [3.8, 4) is 0 Å². The molecule has 1 saturated heterocycles. The highest BCUT2D eigenvalue weighted by atomic mass is 16.7. The molecule has 2 amide bonds. The van der Waals surface area contributed by atoms with Crippen LogP contribution in [0.3, 0.4) is 0 Å². The van der Waals surface area contributed by atoms with E-state index in [0.717, 1.165) is 6.92 Å². The van der Waals surface area contributed by atoms with Crippen molar-refractivity contribution in [3.05, 3.63) is 35.9 Å². The van der Waals surface area contributed by atoms with Crippen molar-refractivity contribution in [2.45, 2.75) is 64.8 Å². The van der Waals surface area contributed by atoms with E-state index in [1.54, 1.807) is 39.0 Å². The van der Waals surface area contributed by atoms with Gasteiger partial charge >= 0.3 is 23.9 Å². The van der Waals surface area contributed by atoms with Gasteiger partial charge in [0.15, 0.2) is 0 Å². The molecule has 178 valence electrons.